The maximum Gasteiger partial charge on any atom is 0.274 e. The molecular formula is C17H17Cl2N5O3S. The first-order chi connectivity index (χ1) is 13.0. The number of aliphatic imine (C=N–C) groups is 1. The summed E-state index contributed by atoms with van der Waals surface area (Å²) in [5.74, 6) is -0.897. The summed E-state index contributed by atoms with van der Waals surface area (Å²) in [5.41, 5.74) is 5.60. The minimum atomic E-state index is -3.66. The van der Waals surface area contributed by atoms with Crippen LogP contribution in [-0.2, 0) is 15.6 Å². The number of carbonyl (C=O) groups excluding carboxylic acids is 1. The summed E-state index contributed by atoms with van der Waals surface area (Å²) in [6, 6.07) is 7.78. The summed E-state index contributed by atoms with van der Waals surface area (Å²) >= 11 is 12.1. The second-order valence-corrected chi connectivity index (χ2v) is 9.32. The number of benzene rings is 1. The normalized spacial score (nSPS) is 21.1. The Bertz CT molecular complexity index is 1070. The van der Waals surface area contributed by atoms with Crippen molar-refractivity contribution in [2.45, 2.75) is 12.5 Å². The highest BCUT2D eigenvalue weighted by atomic mass is 35.5. The van der Waals surface area contributed by atoms with Crippen LogP contribution in [0.3, 0.4) is 0 Å². The maximum atomic E-state index is 12.4. The second-order valence-electron chi connectivity index (χ2n) is 6.48. The number of hydrogen-bond donors (Lipinski definition) is 2. The van der Waals surface area contributed by atoms with Crippen molar-refractivity contribution in [2.24, 2.45) is 10.7 Å². The molecule has 0 spiro atoms. The summed E-state index contributed by atoms with van der Waals surface area (Å²) in [4.78, 5) is 20.7. The lowest BCUT2D eigenvalue weighted by Crippen LogP contribution is -2.50. The molecule has 0 saturated heterocycles. The van der Waals surface area contributed by atoms with Gasteiger partial charge in [0, 0.05) is 29.5 Å². The van der Waals surface area contributed by atoms with Crippen molar-refractivity contribution in [3.05, 3.63) is 57.8 Å². The first-order valence-corrected chi connectivity index (χ1v) is 10.4. The number of halogens is 2. The molecule has 0 bridgehead atoms. The molecule has 8 nitrogen and oxygen atoms in total. The summed E-state index contributed by atoms with van der Waals surface area (Å²) in [6.07, 6.45) is 1.37. The highest BCUT2D eigenvalue weighted by molar-refractivity contribution is 7.89. The Morgan fingerprint density at radius 3 is 2.61 bits per heavy atom. The van der Waals surface area contributed by atoms with Crippen molar-refractivity contribution < 1.29 is 13.2 Å². The number of guanidine groups is 1. The Balaban J connectivity index is 1.96. The standard InChI is InChI=1S/C17H17Cl2N5O3S/c1-17(9-28(26,27)24(2)16(20)23-17)12-7-11(4-5-13(12)19)22-15(25)14-6-3-10(18)8-21-14/h3-8H,9H2,1-2H3,(H2,20,23)(H,22,25)/t17-/m0/s1. The van der Waals surface area contributed by atoms with Crippen LogP contribution < -0.4 is 11.1 Å². The highest BCUT2D eigenvalue weighted by Gasteiger charge is 2.41. The van der Waals surface area contributed by atoms with Crippen LogP contribution in [0.15, 0.2) is 41.5 Å². The number of rotatable bonds is 3. The fourth-order valence-corrected chi connectivity index (χ4v) is 4.69. The number of nitrogens with one attached hydrogen (secondary N) is 1. The van der Waals surface area contributed by atoms with Gasteiger partial charge in [-0.3, -0.25) is 4.79 Å². The van der Waals surface area contributed by atoms with Crippen molar-refractivity contribution >= 4 is 50.8 Å². The molecule has 0 unspecified atom stereocenters. The van der Waals surface area contributed by atoms with E-state index >= 15 is 0 Å². The number of hydrogen-bond acceptors (Lipinski definition) is 6. The Kier molecular flexibility index (Phi) is 5.26. The fraction of sp³-hybridized carbons (Fsp3) is 0.235. The summed E-state index contributed by atoms with van der Waals surface area (Å²) in [7, 11) is -2.32. The molecule has 1 aliphatic rings. The molecule has 11 heteroatoms. The van der Waals surface area contributed by atoms with Crippen molar-refractivity contribution in [2.75, 3.05) is 18.1 Å². The third kappa shape index (κ3) is 3.91. The van der Waals surface area contributed by atoms with Gasteiger partial charge in [0.2, 0.25) is 16.0 Å². The molecule has 3 rings (SSSR count). The molecule has 1 amide bonds. The number of anilines is 1. The Labute approximate surface area is 172 Å². The zero-order chi connectivity index (χ0) is 20.7. The van der Waals surface area contributed by atoms with Crippen LogP contribution in [0.2, 0.25) is 10.0 Å². The van der Waals surface area contributed by atoms with E-state index in [1.54, 1.807) is 31.2 Å². The van der Waals surface area contributed by atoms with Crippen LogP contribution in [0, 0.1) is 0 Å². The number of sulfonamides is 1. The predicted molar refractivity (Wildman–Crippen MR) is 109 cm³/mol. The van der Waals surface area contributed by atoms with Gasteiger partial charge in [0.15, 0.2) is 0 Å². The molecule has 1 aromatic heterocycles. The third-order valence-corrected chi connectivity index (χ3v) is 6.83. The van der Waals surface area contributed by atoms with Crippen LogP contribution in [-0.4, -0.2) is 42.4 Å². The van der Waals surface area contributed by atoms with E-state index < -0.39 is 21.5 Å². The Morgan fingerprint density at radius 2 is 2.00 bits per heavy atom. The number of nitrogens with zero attached hydrogens (tertiary/aromatic N) is 3. The molecule has 3 N–H and O–H groups in total. The minimum Gasteiger partial charge on any atom is -0.369 e. The third-order valence-electron chi connectivity index (χ3n) is 4.33. The zero-order valence-electron chi connectivity index (χ0n) is 15.0. The molecule has 1 aliphatic heterocycles. The summed E-state index contributed by atoms with van der Waals surface area (Å²) in [6.45, 7) is 1.62. The van der Waals surface area contributed by atoms with E-state index in [1.807, 2.05) is 0 Å². The minimum absolute atomic E-state index is 0.135. The molecule has 0 saturated carbocycles. The molecule has 0 radical (unpaired) electrons. The molecular weight excluding hydrogens is 425 g/mol. The van der Waals surface area contributed by atoms with Gasteiger partial charge in [0.1, 0.15) is 11.2 Å². The first-order valence-electron chi connectivity index (χ1n) is 8.07. The Hall–Kier alpha value is -2.36. The lowest BCUT2D eigenvalue weighted by atomic mass is 9.94. The van der Waals surface area contributed by atoms with E-state index in [4.69, 9.17) is 28.9 Å². The van der Waals surface area contributed by atoms with E-state index in [1.165, 1.54) is 19.3 Å². The summed E-state index contributed by atoms with van der Waals surface area (Å²) < 4.78 is 25.7. The lowest BCUT2D eigenvalue weighted by Gasteiger charge is -2.35. The molecule has 28 heavy (non-hydrogen) atoms. The van der Waals surface area contributed by atoms with Gasteiger partial charge < -0.3 is 11.1 Å². The van der Waals surface area contributed by atoms with Gasteiger partial charge in [0.25, 0.3) is 5.91 Å². The molecule has 2 aromatic rings. The first kappa shape index (κ1) is 20.4. The van der Waals surface area contributed by atoms with Gasteiger partial charge in [-0.2, -0.15) is 0 Å². The van der Waals surface area contributed by atoms with Crippen LogP contribution in [0.25, 0.3) is 0 Å². The highest BCUT2D eigenvalue weighted by Crippen LogP contribution is 2.37. The monoisotopic (exact) mass is 441 g/mol. The average Bonchev–Trinajstić information content (AvgIpc) is 2.61. The predicted octanol–water partition coefficient (Wildman–Crippen LogP) is 2.45. The van der Waals surface area contributed by atoms with E-state index in [0.717, 1.165) is 4.31 Å². The maximum absolute atomic E-state index is 12.4. The molecule has 1 aromatic carbocycles. The number of aromatic nitrogens is 1. The topological polar surface area (TPSA) is 118 Å². The molecule has 2 heterocycles. The Morgan fingerprint density at radius 1 is 1.29 bits per heavy atom. The van der Waals surface area contributed by atoms with Gasteiger partial charge in [-0.05, 0) is 37.3 Å². The van der Waals surface area contributed by atoms with E-state index in [9.17, 15) is 13.2 Å². The van der Waals surface area contributed by atoms with Crippen molar-refractivity contribution in [1.82, 2.24) is 9.29 Å². The van der Waals surface area contributed by atoms with Crippen LogP contribution in [0.5, 0.6) is 0 Å². The van der Waals surface area contributed by atoms with Gasteiger partial charge in [-0.25, -0.2) is 22.7 Å². The zero-order valence-corrected chi connectivity index (χ0v) is 17.3. The van der Waals surface area contributed by atoms with Gasteiger partial charge in [-0.15, -0.1) is 0 Å². The number of pyridine rings is 1. The molecule has 148 valence electrons. The quantitative estimate of drug-likeness (QED) is 0.757. The lowest BCUT2D eigenvalue weighted by molar-refractivity contribution is 0.102. The van der Waals surface area contributed by atoms with Gasteiger partial charge >= 0.3 is 0 Å². The largest absolute Gasteiger partial charge is 0.369 e. The van der Waals surface area contributed by atoms with Gasteiger partial charge in [-0.1, -0.05) is 23.2 Å². The van der Waals surface area contributed by atoms with Crippen molar-refractivity contribution in [1.29, 1.82) is 0 Å². The van der Waals surface area contributed by atoms with Crippen molar-refractivity contribution in [3.63, 3.8) is 0 Å². The van der Waals surface area contributed by atoms with E-state index in [0.29, 0.717) is 21.3 Å². The van der Waals surface area contributed by atoms with E-state index in [-0.39, 0.29) is 17.4 Å². The van der Waals surface area contributed by atoms with E-state index in [2.05, 4.69) is 15.3 Å². The van der Waals surface area contributed by atoms with Crippen LogP contribution in [0.4, 0.5) is 5.69 Å². The fourth-order valence-electron chi connectivity index (χ4n) is 2.81. The summed E-state index contributed by atoms with van der Waals surface area (Å²) in [5, 5.41) is 3.42. The van der Waals surface area contributed by atoms with Crippen LogP contribution in [0.1, 0.15) is 23.0 Å². The van der Waals surface area contributed by atoms with Gasteiger partial charge in [0.05, 0.1) is 10.8 Å². The SMILES string of the molecule is CN1C(N)=N[C@](C)(c2cc(NC(=O)c3ccc(Cl)cn3)ccc2Cl)CS1(=O)=O. The molecule has 0 fully saturated rings. The second kappa shape index (κ2) is 7.23. The number of carbonyl (C=O) groups is 1. The van der Waals surface area contributed by atoms with Crippen LogP contribution >= 0.6 is 23.2 Å². The number of amides is 1. The smallest absolute Gasteiger partial charge is 0.274 e. The number of nitrogens with two attached hydrogens (primary N) is 1. The van der Waals surface area contributed by atoms with Crippen molar-refractivity contribution in [3.8, 4) is 0 Å². The molecule has 0 aliphatic carbocycles. The molecule has 1 atom stereocenters. The average molecular weight is 442 g/mol.